The maximum Gasteiger partial charge on any atom is 0.301 e. The molecule has 0 bridgehead atoms. The maximum absolute atomic E-state index is 11.3. The van der Waals surface area contributed by atoms with E-state index in [2.05, 4.69) is 10.5 Å². The fourth-order valence-corrected chi connectivity index (χ4v) is 3.36. The molecule has 0 aliphatic rings. The molecule has 0 atom stereocenters. The second kappa shape index (κ2) is 11.9. The maximum atomic E-state index is 11.3. The Morgan fingerprint density at radius 3 is 1.95 bits per heavy atom. The zero-order valence-corrected chi connectivity index (χ0v) is 19.5. The van der Waals surface area contributed by atoms with Crippen molar-refractivity contribution in [2.45, 2.75) is 13.2 Å². The van der Waals surface area contributed by atoms with E-state index in [1.807, 2.05) is 60.7 Å². The summed E-state index contributed by atoms with van der Waals surface area (Å²) in [5.41, 5.74) is 4.41. The van der Waals surface area contributed by atoms with Crippen LogP contribution in [0.1, 0.15) is 16.7 Å². The molecule has 0 fully saturated rings. The monoisotopic (exact) mass is 498 g/mol. The van der Waals surface area contributed by atoms with Crippen LogP contribution in [0.25, 0.3) is 0 Å². The third-order valence-corrected chi connectivity index (χ3v) is 5.23. The number of rotatable bonds is 11. The Kier molecular flexibility index (Phi) is 8.02. The van der Waals surface area contributed by atoms with E-state index >= 15 is 0 Å². The summed E-state index contributed by atoms with van der Waals surface area (Å²) >= 11 is 0. The van der Waals surface area contributed by atoms with Crippen molar-refractivity contribution in [3.63, 3.8) is 0 Å². The second-order valence-corrected chi connectivity index (χ2v) is 7.84. The van der Waals surface area contributed by atoms with Crippen LogP contribution in [0.4, 0.5) is 17.1 Å². The van der Waals surface area contributed by atoms with Crippen molar-refractivity contribution < 1.29 is 19.3 Å². The third-order valence-electron chi connectivity index (χ3n) is 5.23. The third kappa shape index (κ3) is 6.89. The molecule has 10 heteroatoms. The highest BCUT2D eigenvalue weighted by atomic mass is 16.6. The molecule has 0 aliphatic heterocycles. The Morgan fingerprint density at radius 2 is 1.35 bits per heavy atom. The normalized spacial score (nSPS) is 10.7. The fourth-order valence-electron chi connectivity index (χ4n) is 3.36. The Labute approximate surface area is 212 Å². The zero-order valence-electron chi connectivity index (χ0n) is 19.5. The molecule has 0 saturated carbocycles. The molecular weight excluding hydrogens is 476 g/mol. The molecule has 186 valence electrons. The minimum Gasteiger partial charge on any atom is -0.485 e. The molecule has 0 amide bonds. The number of non-ortho nitro benzene ring substituents is 1. The highest BCUT2D eigenvalue weighted by molar-refractivity contribution is 5.82. The average molecular weight is 498 g/mol. The molecule has 0 unspecified atom stereocenters. The number of hydrogen-bond acceptors (Lipinski definition) is 8. The minimum atomic E-state index is -0.709. The van der Waals surface area contributed by atoms with Gasteiger partial charge in [0.15, 0.2) is 11.5 Å². The summed E-state index contributed by atoms with van der Waals surface area (Å²) in [7, 11) is 0. The standard InChI is InChI=1S/C27H22N4O6/c32-30(33)23-12-13-24(25(16-23)31(34)35)29-28-17-22-11-14-26(36-18-20-7-3-1-4-8-20)27(15-22)37-19-21-9-5-2-6-10-21/h1-17,29H,18-19H2. The summed E-state index contributed by atoms with van der Waals surface area (Å²) in [5.74, 6) is 1.06. The van der Waals surface area contributed by atoms with Gasteiger partial charge in [-0.3, -0.25) is 25.7 Å². The summed E-state index contributed by atoms with van der Waals surface area (Å²) in [4.78, 5) is 20.8. The predicted molar refractivity (Wildman–Crippen MR) is 139 cm³/mol. The van der Waals surface area contributed by atoms with E-state index < -0.39 is 15.5 Å². The van der Waals surface area contributed by atoms with Crippen LogP contribution in [-0.2, 0) is 13.2 Å². The van der Waals surface area contributed by atoms with Crippen molar-refractivity contribution in [2.24, 2.45) is 5.10 Å². The van der Waals surface area contributed by atoms with Crippen LogP contribution < -0.4 is 14.9 Å². The zero-order chi connectivity index (χ0) is 26.0. The van der Waals surface area contributed by atoms with Crippen molar-refractivity contribution in [2.75, 3.05) is 5.43 Å². The molecule has 4 aromatic carbocycles. The van der Waals surface area contributed by atoms with E-state index in [9.17, 15) is 20.2 Å². The first-order chi connectivity index (χ1) is 18.0. The van der Waals surface area contributed by atoms with Gasteiger partial charge >= 0.3 is 5.69 Å². The summed E-state index contributed by atoms with van der Waals surface area (Å²) in [6.07, 6.45) is 1.46. The highest BCUT2D eigenvalue weighted by Crippen LogP contribution is 2.31. The van der Waals surface area contributed by atoms with Gasteiger partial charge in [-0.05, 0) is 41.0 Å². The molecule has 4 rings (SSSR count). The van der Waals surface area contributed by atoms with Gasteiger partial charge < -0.3 is 9.47 Å². The minimum absolute atomic E-state index is 0.0233. The summed E-state index contributed by atoms with van der Waals surface area (Å²) in [6, 6.07) is 28.0. The highest BCUT2D eigenvalue weighted by Gasteiger charge is 2.19. The SMILES string of the molecule is O=[N+]([O-])c1ccc(NN=Cc2ccc(OCc3ccccc3)c(OCc3ccccc3)c2)c([N+](=O)[O-])c1. The topological polar surface area (TPSA) is 129 Å². The number of benzene rings is 4. The molecule has 0 heterocycles. The van der Waals surface area contributed by atoms with Gasteiger partial charge in [-0.1, -0.05) is 60.7 Å². The van der Waals surface area contributed by atoms with Gasteiger partial charge in [0.1, 0.15) is 18.9 Å². The molecule has 1 N–H and O–H groups in total. The first-order valence-electron chi connectivity index (χ1n) is 11.2. The summed E-state index contributed by atoms with van der Waals surface area (Å²) in [6.45, 7) is 0.692. The number of nitro groups is 2. The Bertz CT molecular complexity index is 1410. The largest absolute Gasteiger partial charge is 0.485 e. The van der Waals surface area contributed by atoms with Gasteiger partial charge in [-0.15, -0.1) is 0 Å². The van der Waals surface area contributed by atoms with Crippen LogP contribution in [-0.4, -0.2) is 16.1 Å². The molecule has 4 aromatic rings. The van der Waals surface area contributed by atoms with Crippen molar-refractivity contribution in [1.82, 2.24) is 0 Å². The van der Waals surface area contributed by atoms with Gasteiger partial charge in [0.25, 0.3) is 5.69 Å². The molecule has 10 nitrogen and oxygen atoms in total. The first kappa shape index (κ1) is 24.9. The van der Waals surface area contributed by atoms with E-state index in [0.717, 1.165) is 17.2 Å². The molecular formula is C27H22N4O6. The van der Waals surface area contributed by atoms with Crippen molar-refractivity contribution in [3.05, 3.63) is 134 Å². The second-order valence-electron chi connectivity index (χ2n) is 7.84. The smallest absolute Gasteiger partial charge is 0.301 e. The van der Waals surface area contributed by atoms with Crippen LogP contribution in [0.5, 0.6) is 11.5 Å². The lowest BCUT2D eigenvalue weighted by molar-refractivity contribution is -0.393. The van der Waals surface area contributed by atoms with E-state index in [4.69, 9.17) is 9.47 Å². The number of hydrazone groups is 1. The summed E-state index contributed by atoms with van der Waals surface area (Å²) in [5, 5.41) is 26.3. The number of nitrogens with zero attached hydrogens (tertiary/aromatic N) is 3. The number of anilines is 1. The van der Waals surface area contributed by atoms with Crippen molar-refractivity contribution in [1.29, 1.82) is 0 Å². The molecule has 0 aromatic heterocycles. The summed E-state index contributed by atoms with van der Waals surface area (Å²) < 4.78 is 12.0. The van der Waals surface area contributed by atoms with Gasteiger partial charge in [0, 0.05) is 6.07 Å². The fraction of sp³-hybridized carbons (Fsp3) is 0.0741. The number of nitro benzene ring substituents is 2. The van der Waals surface area contributed by atoms with Crippen molar-refractivity contribution >= 4 is 23.3 Å². The molecule has 0 saturated heterocycles. The molecule has 0 spiro atoms. The molecule has 0 aliphatic carbocycles. The number of hydrogen-bond donors (Lipinski definition) is 1. The lowest BCUT2D eigenvalue weighted by Crippen LogP contribution is -2.02. The molecule has 37 heavy (non-hydrogen) atoms. The van der Waals surface area contributed by atoms with Crippen molar-refractivity contribution in [3.8, 4) is 11.5 Å². The van der Waals surface area contributed by atoms with Crippen LogP contribution >= 0.6 is 0 Å². The van der Waals surface area contributed by atoms with Crippen LogP contribution in [0, 0.1) is 20.2 Å². The average Bonchev–Trinajstić information content (AvgIpc) is 2.92. The number of ether oxygens (including phenoxy) is 2. The van der Waals surface area contributed by atoms with E-state index in [1.54, 1.807) is 18.2 Å². The van der Waals surface area contributed by atoms with Crippen LogP contribution in [0.2, 0.25) is 0 Å². The van der Waals surface area contributed by atoms with Gasteiger partial charge in [0.2, 0.25) is 0 Å². The predicted octanol–water partition coefficient (Wildman–Crippen LogP) is 6.11. The Balaban J connectivity index is 1.52. The van der Waals surface area contributed by atoms with Gasteiger partial charge in [-0.2, -0.15) is 5.10 Å². The van der Waals surface area contributed by atoms with E-state index in [-0.39, 0.29) is 11.4 Å². The van der Waals surface area contributed by atoms with Gasteiger partial charge in [-0.25, -0.2) is 0 Å². The number of nitrogens with one attached hydrogen (secondary N) is 1. The molecule has 0 radical (unpaired) electrons. The lowest BCUT2D eigenvalue weighted by atomic mass is 10.2. The quantitative estimate of drug-likeness (QED) is 0.150. The van der Waals surface area contributed by atoms with E-state index in [0.29, 0.717) is 30.3 Å². The van der Waals surface area contributed by atoms with Gasteiger partial charge in [0.05, 0.1) is 22.1 Å². The first-order valence-corrected chi connectivity index (χ1v) is 11.2. The van der Waals surface area contributed by atoms with Crippen LogP contribution in [0.3, 0.4) is 0 Å². The van der Waals surface area contributed by atoms with E-state index in [1.165, 1.54) is 18.3 Å². The lowest BCUT2D eigenvalue weighted by Gasteiger charge is -2.14. The Hall–Kier alpha value is -5.25. The van der Waals surface area contributed by atoms with Crippen LogP contribution in [0.15, 0.2) is 102 Å². The Morgan fingerprint density at radius 1 is 0.730 bits per heavy atom.